The number of fused-ring (bicyclic) bond motifs is 1. The minimum absolute atomic E-state index is 0.170. The second kappa shape index (κ2) is 6.83. The highest BCUT2D eigenvalue weighted by Gasteiger charge is 2.54. The van der Waals surface area contributed by atoms with Crippen LogP contribution < -0.4 is 5.32 Å². The predicted octanol–water partition coefficient (Wildman–Crippen LogP) is -0.665. The molecule has 1 aromatic heterocycles. The zero-order chi connectivity index (χ0) is 19.0. The topological polar surface area (TPSA) is 131 Å². The van der Waals surface area contributed by atoms with E-state index in [1.165, 1.54) is 29.4 Å². The van der Waals surface area contributed by atoms with Crippen molar-refractivity contribution < 1.29 is 29.0 Å². The maximum atomic E-state index is 12.4. The first-order chi connectivity index (χ1) is 12.3. The molecule has 2 aliphatic heterocycles. The van der Waals surface area contributed by atoms with E-state index >= 15 is 0 Å². The molecule has 1 aromatic rings. The highest BCUT2D eigenvalue weighted by atomic mass is 32.2. The Morgan fingerprint density at radius 1 is 1.46 bits per heavy atom. The lowest BCUT2D eigenvalue weighted by atomic mass is 10.0. The second-order valence-electron chi connectivity index (χ2n) is 5.77. The summed E-state index contributed by atoms with van der Waals surface area (Å²) in [5.41, 5.74) is 0.323. The Morgan fingerprint density at radius 2 is 2.19 bits per heavy atom. The van der Waals surface area contributed by atoms with Gasteiger partial charge in [0.05, 0.1) is 0 Å². The van der Waals surface area contributed by atoms with E-state index in [-0.39, 0.29) is 23.8 Å². The smallest absolute Gasteiger partial charge is 0.352 e. The van der Waals surface area contributed by atoms with Gasteiger partial charge in [-0.05, 0) is 6.07 Å². The molecule has 2 atom stereocenters. The quantitative estimate of drug-likeness (QED) is 0.508. The van der Waals surface area contributed by atoms with Gasteiger partial charge in [0.15, 0.2) is 0 Å². The molecule has 0 bridgehead atoms. The normalized spacial score (nSPS) is 21.8. The number of rotatable bonds is 5. The molecular weight excluding hydrogens is 364 g/mol. The van der Waals surface area contributed by atoms with Crippen molar-refractivity contribution in [1.82, 2.24) is 20.0 Å². The third-order valence-corrected chi connectivity index (χ3v) is 5.27. The standard InChI is InChI=1S/C15H16N4O6S/c1-7(20)25-5-8-6-26-14-10(13(22)19(14)11(8)15(23)24)16-12(21)9-3-4-18(2)17-9/h3-4,10,14H,5-6H2,1-2H3,(H,16,21)(H,23,24)/t10-,14-/m1/s1. The summed E-state index contributed by atoms with van der Waals surface area (Å²) in [7, 11) is 1.67. The molecule has 3 heterocycles. The number of β-lactam (4-membered cyclic amide) rings is 1. The highest BCUT2D eigenvalue weighted by molar-refractivity contribution is 8.00. The van der Waals surface area contributed by atoms with E-state index in [0.29, 0.717) is 5.57 Å². The van der Waals surface area contributed by atoms with Crippen molar-refractivity contribution in [2.45, 2.75) is 18.3 Å². The number of esters is 1. The molecule has 2 aliphatic rings. The molecule has 11 heteroatoms. The number of hydrogen-bond donors (Lipinski definition) is 2. The molecule has 10 nitrogen and oxygen atoms in total. The lowest BCUT2D eigenvalue weighted by Crippen LogP contribution is -2.70. The van der Waals surface area contributed by atoms with Gasteiger partial charge in [-0.15, -0.1) is 11.8 Å². The fourth-order valence-electron chi connectivity index (χ4n) is 2.73. The maximum Gasteiger partial charge on any atom is 0.352 e. The lowest BCUT2D eigenvalue weighted by Gasteiger charge is -2.49. The van der Waals surface area contributed by atoms with Gasteiger partial charge in [0.25, 0.3) is 11.8 Å². The molecule has 3 rings (SSSR count). The molecule has 1 fully saturated rings. The van der Waals surface area contributed by atoms with Crippen LogP contribution in [0.4, 0.5) is 0 Å². The van der Waals surface area contributed by atoms with Crippen LogP contribution in [0.25, 0.3) is 0 Å². The SMILES string of the molecule is CC(=O)OCC1=C(C(=O)O)N2C(=O)[C@@H](NC(=O)c3ccn(C)n3)[C@H]2SC1. The molecule has 0 unspecified atom stereocenters. The summed E-state index contributed by atoms with van der Waals surface area (Å²) in [4.78, 5) is 48.3. The van der Waals surface area contributed by atoms with Crippen molar-refractivity contribution in [2.24, 2.45) is 7.05 Å². The van der Waals surface area contributed by atoms with E-state index < -0.39 is 35.2 Å². The molecular formula is C15H16N4O6S. The van der Waals surface area contributed by atoms with Gasteiger partial charge in [0, 0.05) is 31.5 Å². The summed E-state index contributed by atoms with van der Waals surface area (Å²) in [6, 6.07) is 0.684. The highest BCUT2D eigenvalue weighted by Crippen LogP contribution is 2.40. The summed E-state index contributed by atoms with van der Waals surface area (Å²) in [6.07, 6.45) is 1.60. The van der Waals surface area contributed by atoms with Crippen molar-refractivity contribution in [3.63, 3.8) is 0 Å². The van der Waals surface area contributed by atoms with Crippen LogP contribution in [0.1, 0.15) is 17.4 Å². The number of aryl methyl sites for hydroxylation is 1. The Labute approximate surface area is 152 Å². The van der Waals surface area contributed by atoms with Gasteiger partial charge >= 0.3 is 11.9 Å². The monoisotopic (exact) mass is 380 g/mol. The number of nitrogens with one attached hydrogen (secondary N) is 1. The number of carboxylic acid groups (broad SMARTS) is 1. The van der Waals surface area contributed by atoms with Crippen molar-refractivity contribution in [3.8, 4) is 0 Å². The first-order valence-electron chi connectivity index (χ1n) is 7.63. The lowest BCUT2D eigenvalue weighted by molar-refractivity contribution is -0.149. The van der Waals surface area contributed by atoms with Crippen LogP contribution >= 0.6 is 11.8 Å². The van der Waals surface area contributed by atoms with Crippen LogP contribution in [0.2, 0.25) is 0 Å². The van der Waals surface area contributed by atoms with Crippen molar-refractivity contribution in [3.05, 3.63) is 29.2 Å². The number of ether oxygens (including phenoxy) is 1. The van der Waals surface area contributed by atoms with Crippen LogP contribution in [0, 0.1) is 0 Å². The summed E-state index contributed by atoms with van der Waals surface area (Å²) in [5, 5.41) is 15.5. The number of amides is 2. The van der Waals surface area contributed by atoms with E-state index in [1.807, 2.05) is 0 Å². The average molecular weight is 380 g/mol. The van der Waals surface area contributed by atoms with Gasteiger partial charge < -0.3 is 15.2 Å². The molecule has 26 heavy (non-hydrogen) atoms. The van der Waals surface area contributed by atoms with Gasteiger partial charge in [0.2, 0.25) is 0 Å². The number of aromatic nitrogens is 2. The van der Waals surface area contributed by atoms with Gasteiger partial charge in [-0.2, -0.15) is 5.10 Å². The number of carboxylic acids is 1. The van der Waals surface area contributed by atoms with Crippen molar-refractivity contribution in [1.29, 1.82) is 0 Å². The molecule has 0 aromatic carbocycles. The van der Waals surface area contributed by atoms with Crippen molar-refractivity contribution in [2.75, 3.05) is 12.4 Å². The fraction of sp³-hybridized carbons (Fsp3) is 0.400. The van der Waals surface area contributed by atoms with Crippen LogP contribution in [0.15, 0.2) is 23.5 Å². The molecule has 138 valence electrons. The van der Waals surface area contributed by atoms with E-state index in [9.17, 15) is 24.3 Å². The molecule has 1 saturated heterocycles. The molecule has 0 radical (unpaired) electrons. The first-order valence-corrected chi connectivity index (χ1v) is 8.68. The van der Waals surface area contributed by atoms with Crippen LogP contribution in [-0.2, 0) is 26.2 Å². The maximum absolute atomic E-state index is 12.4. The molecule has 2 N–H and O–H groups in total. The van der Waals surface area contributed by atoms with E-state index in [4.69, 9.17) is 4.74 Å². The molecule has 0 aliphatic carbocycles. The summed E-state index contributed by atoms with van der Waals surface area (Å²) in [5.74, 6) is -2.57. The number of aliphatic carboxylic acids is 1. The predicted molar refractivity (Wildman–Crippen MR) is 88.8 cm³/mol. The third kappa shape index (κ3) is 3.17. The summed E-state index contributed by atoms with van der Waals surface area (Å²) >= 11 is 1.30. The zero-order valence-electron chi connectivity index (χ0n) is 14.0. The Morgan fingerprint density at radius 3 is 2.77 bits per heavy atom. The van der Waals surface area contributed by atoms with Crippen LogP contribution in [-0.4, -0.2) is 67.3 Å². The third-order valence-electron chi connectivity index (χ3n) is 3.93. The number of hydrogen-bond acceptors (Lipinski definition) is 7. The van der Waals surface area contributed by atoms with Crippen LogP contribution in [0.3, 0.4) is 0 Å². The Bertz CT molecular complexity index is 832. The zero-order valence-corrected chi connectivity index (χ0v) is 14.8. The van der Waals surface area contributed by atoms with Gasteiger partial charge in [-0.25, -0.2) is 4.79 Å². The fourth-order valence-corrected chi connectivity index (χ4v) is 4.06. The number of thioether (sulfide) groups is 1. The minimum atomic E-state index is -1.28. The van der Waals surface area contributed by atoms with E-state index in [0.717, 1.165) is 4.90 Å². The molecule has 0 saturated carbocycles. The summed E-state index contributed by atoms with van der Waals surface area (Å²) < 4.78 is 6.33. The van der Waals surface area contributed by atoms with Crippen molar-refractivity contribution >= 4 is 35.5 Å². The van der Waals surface area contributed by atoms with Crippen LogP contribution in [0.5, 0.6) is 0 Å². The van der Waals surface area contributed by atoms with Gasteiger partial charge in [-0.3, -0.25) is 24.0 Å². The largest absolute Gasteiger partial charge is 0.477 e. The number of nitrogens with zero attached hydrogens (tertiary/aromatic N) is 3. The number of carbonyl (C=O) groups is 4. The minimum Gasteiger partial charge on any atom is -0.477 e. The molecule has 0 spiro atoms. The Kier molecular flexibility index (Phi) is 4.72. The Hall–Kier alpha value is -2.82. The second-order valence-corrected chi connectivity index (χ2v) is 6.88. The number of carbonyl (C=O) groups excluding carboxylic acids is 3. The average Bonchev–Trinajstić information content (AvgIpc) is 3.02. The summed E-state index contributed by atoms with van der Waals surface area (Å²) in [6.45, 7) is 1.03. The van der Waals surface area contributed by atoms with E-state index in [2.05, 4.69) is 10.4 Å². The first kappa shape index (κ1) is 18.0. The molecule has 2 amide bonds. The van der Waals surface area contributed by atoms with Gasteiger partial charge in [0.1, 0.15) is 29.4 Å². The Balaban J connectivity index is 1.75. The van der Waals surface area contributed by atoms with E-state index in [1.54, 1.807) is 13.2 Å². The van der Waals surface area contributed by atoms with Gasteiger partial charge in [-0.1, -0.05) is 0 Å².